The second kappa shape index (κ2) is 6.09. The normalized spacial score (nSPS) is 10.4. The van der Waals surface area contributed by atoms with Gasteiger partial charge in [0.1, 0.15) is 6.61 Å². The Kier molecular flexibility index (Phi) is 3.82. The zero-order chi connectivity index (χ0) is 15.4. The second-order valence-corrected chi connectivity index (χ2v) is 4.61. The van der Waals surface area contributed by atoms with Gasteiger partial charge in [-0.25, -0.2) is 4.68 Å². The number of hydrogen-bond donors (Lipinski definition) is 0. The Morgan fingerprint density at radius 3 is 2.55 bits per heavy atom. The summed E-state index contributed by atoms with van der Waals surface area (Å²) < 4.78 is 7.24. The van der Waals surface area contributed by atoms with Crippen LogP contribution in [0.3, 0.4) is 0 Å². The van der Waals surface area contributed by atoms with Gasteiger partial charge in [0.15, 0.2) is 0 Å². The lowest BCUT2D eigenvalue weighted by atomic mass is 10.2. The van der Waals surface area contributed by atoms with E-state index in [0.29, 0.717) is 11.4 Å². The molecule has 0 fully saturated rings. The fourth-order valence-corrected chi connectivity index (χ4v) is 2.07. The average Bonchev–Trinajstić information content (AvgIpc) is 3.03. The van der Waals surface area contributed by atoms with Crippen LogP contribution in [0.25, 0.3) is 5.69 Å². The van der Waals surface area contributed by atoms with Gasteiger partial charge in [-0.2, -0.15) is 0 Å². The molecule has 6 heteroatoms. The molecule has 0 radical (unpaired) electrons. The number of hydrogen-bond acceptors (Lipinski definition) is 4. The van der Waals surface area contributed by atoms with Gasteiger partial charge in [0.2, 0.25) is 5.88 Å². The highest BCUT2D eigenvalue weighted by molar-refractivity contribution is 5.39. The number of nitro benzene ring substituents is 1. The predicted octanol–water partition coefficient (Wildman–Crippen LogP) is 3.36. The van der Waals surface area contributed by atoms with Crippen molar-refractivity contribution in [1.82, 2.24) is 9.78 Å². The van der Waals surface area contributed by atoms with Crippen LogP contribution in [0.1, 0.15) is 5.56 Å². The molecule has 0 saturated heterocycles. The Morgan fingerprint density at radius 2 is 1.77 bits per heavy atom. The van der Waals surface area contributed by atoms with Gasteiger partial charge in [0.25, 0.3) is 5.69 Å². The molecule has 22 heavy (non-hydrogen) atoms. The third-order valence-electron chi connectivity index (χ3n) is 3.15. The van der Waals surface area contributed by atoms with Crippen molar-refractivity contribution in [3.8, 4) is 11.6 Å². The van der Waals surface area contributed by atoms with Crippen molar-refractivity contribution in [2.45, 2.75) is 6.61 Å². The third kappa shape index (κ3) is 2.95. The highest BCUT2D eigenvalue weighted by atomic mass is 16.6. The van der Waals surface area contributed by atoms with E-state index < -0.39 is 4.92 Å². The van der Waals surface area contributed by atoms with Gasteiger partial charge < -0.3 is 4.74 Å². The molecule has 0 aliphatic heterocycles. The summed E-state index contributed by atoms with van der Waals surface area (Å²) >= 11 is 0. The zero-order valence-corrected chi connectivity index (χ0v) is 11.6. The van der Waals surface area contributed by atoms with E-state index in [0.717, 1.165) is 5.69 Å². The highest BCUT2D eigenvalue weighted by Gasteiger charge is 2.13. The lowest BCUT2D eigenvalue weighted by Gasteiger charge is -2.04. The van der Waals surface area contributed by atoms with Crippen LogP contribution in [0.4, 0.5) is 5.69 Å². The van der Waals surface area contributed by atoms with Gasteiger partial charge in [-0.15, -0.1) is 5.10 Å². The Balaban J connectivity index is 1.73. The van der Waals surface area contributed by atoms with Gasteiger partial charge in [-0.05, 0) is 18.2 Å². The smallest absolute Gasteiger partial charge is 0.276 e. The molecular formula is C16H13N3O3. The van der Waals surface area contributed by atoms with Crippen molar-refractivity contribution in [1.29, 1.82) is 0 Å². The van der Waals surface area contributed by atoms with Crippen molar-refractivity contribution in [2.75, 3.05) is 0 Å². The number of nitro groups is 1. The topological polar surface area (TPSA) is 70.2 Å². The third-order valence-corrected chi connectivity index (χ3v) is 3.15. The monoisotopic (exact) mass is 295 g/mol. The molecule has 0 saturated carbocycles. The Labute approximate surface area is 126 Å². The zero-order valence-electron chi connectivity index (χ0n) is 11.6. The second-order valence-electron chi connectivity index (χ2n) is 4.61. The fraction of sp³-hybridized carbons (Fsp3) is 0.0625. The molecule has 3 aromatic rings. The Hall–Kier alpha value is -3.15. The van der Waals surface area contributed by atoms with Crippen LogP contribution >= 0.6 is 0 Å². The van der Waals surface area contributed by atoms with E-state index in [4.69, 9.17) is 4.74 Å². The molecule has 1 aromatic heterocycles. The van der Waals surface area contributed by atoms with E-state index in [-0.39, 0.29) is 12.3 Å². The summed E-state index contributed by atoms with van der Waals surface area (Å²) in [6.45, 7) is 0.100. The predicted molar refractivity (Wildman–Crippen MR) is 81.0 cm³/mol. The van der Waals surface area contributed by atoms with Gasteiger partial charge in [-0.1, -0.05) is 30.3 Å². The maximum atomic E-state index is 11.0. The molecule has 2 aromatic carbocycles. The van der Waals surface area contributed by atoms with Crippen LogP contribution in [0.15, 0.2) is 66.9 Å². The van der Waals surface area contributed by atoms with Crippen LogP contribution in [0.2, 0.25) is 0 Å². The number of nitrogens with zero attached hydrogens (tertiary/aromatic N) is 3. The van der Waals surface area contributed by atoms with E-state index in [2.05, 4.69) is 5.10 Å². The number of aromatic nitrogens is 2. The molecule has 1 heterocycles. The minimum absolute atomic E-state index is 0.0463. The summed E-state index contributed by atoms with van der Waals surface area (Å²) in [5.74, 6) is 0.419. The highest BCUT2D eigenvalue weighted by Crippen LogP contribution is 2.20. The van der Waals surface area contributed by atoms with E-state index in [1.807, 2.05) is 30.3 Å². The molecule has 0 aliphatic carbocycles. The number of benzene rings is 2. The summed E-state index contributed by atoms with van der Waals surface area (Å²) in [7, 11) is 0. The maximum Gasteiger partial charge on any atom is 0.276 e. The standard InChI is InChI=1S/C16H13N3O3/c20-19(21)15-9-5-4-6-13(15)12-22-16-10-11-18(17-16)14-7-2-1-3-8-14/h1-11H,12H2. The number of para-hydroxylation sites is 2. The molecule has 0 amide bonds. The molecule has 0 bridgehead atoms. The summed E-state index contributed by atoms with van der Waals surface area (Å²) in [5, 5.41) is 15.2. The minimum atomic E-state index is -0.415. The van der Waals surface area contributed by atoms with E-state index in [1.54, 1.807) is 35.1 Å². The Morgan fingerprint density at radius 1 is 1.05 bits per heavy atom. The van der Waals surface area contributed by atoms with Crippen LogP contribution in [-0.4, -0.2) is 14.7 Å². The number of rotatable bonds is 5. The Bertz CT molecular complexity index is 784. The molecule has 0 unspecified atom stereocenters. The average molecular weight is 295 g/mol. The first-order valence-corrected chi connectivity index (χ1v) is 6.70. The lowest BCUT2D eigenvalue weighted by Crippen LogP contribution is -2.01. The molecule has 0 spiro atoms. The number of ether oxygens (including phenoxy) is 1. The first-order chi connectivity index (χ1) is 10.7. The van der Waals surface area contributed by atoms with Crippen LogP contribution < -0.4 is 4.74 Å². The lowest BCUT2D eigenvalue weighted by molar-refractivity contribution is -0.385. The molecule has 3 rings (SSSR count). The molecule has 6 nitrogen and oxygen atoms in total. The molecular weight excluding hydrogens is 282 g/mol. The molecule has 0 N–H and O–H groups in total. The van der Waals surface area contributed by atoms with Crippen molar-refractivity contribution in [3.05, 3.63) is 82.5 Å². The van der Waals surface area contributed by atoms with Crippen molar-refractivity contribution >= 4 is 5.69 Å². The largest absolute Gasteiger partial charge is 0.471 e. The summed E-state index contributed by atoms with van der Waals surface area (Å²) in [5.41, 5.74) is 1.48. The maximum absolute atomic E-state index is 11.0. The SMILES string of the molecule is O=[N+]([O-])c1ccccc1COc1ccn(-c2ccccc2)n1. The molecule has 0 aliphatic rings. The molecule has 0 atom stereocenters. The minimum Gasteiger partial charge on any atom is -0.471 e. The summed E-state index contributed by atoms with van der Waals surface area (Å²) in [4.78, 5) is 10.5. The fourth-order valence-electron chi connectivity index (χ4n) is 2.07. The summed E-state index contributed by atoms with van der Waals surface area (Å²) in [6.07, 6.45) is 1.78. The molecule has 110 valence electrons. The van der Waals surface area contributed by atoms with Gasteiger partial charge >= 0.3 is 0 Å². The van der Waals surface area contributed by atoms with E-state index >= 15 is 0 Å². The van der Waals surface area contributed by atoms with Crippen molar-refractivity contribution < 1.29 is 9.66 Å². The van der Waals surface area contributed by atoms with Crippen LogP contribution in [0, 0.1) is 10.1 Å². The quantitative estimate of drug-likeness (QED) is 0.534. The van der Waals surface area contributed by atoms with E-state index in [9.17, 15) is 10.1 Å². The van der Waals surface area contributed by atoms with E-state index in [1.165, 1.54) is 6.07 Å². The first-order valence-electron chi connectivity index (χ1n) is 6.70. The summed E-state index contributed by atoms with van der Waals surface area (Å²) in [6, 6.07) is 17.9. The van der Waals surface area contributed by atoms with Crippen LogP contribution in [-0.2, 0) is 6.61 Å². The van der Waals surface area contributed by atoms with Crippen LogP contribution in [0.5, 0.6) is 5.88 Å². The first kappa shape index (κ1) is 13.8. The van der Waals surface area contributed by atoms with Crippen molar-refractivity contribution in [2.24, 2.45) is 0 Å². The van der Waals surface area contributed by atoms with Gasteiger partial charge in [-0.3, -0.25) is 10.1 Å². The van der Waals surface area contributed by atoms with Gasteiger partial charge in [0.05, 0.1) is 16.2 Å². The van der Waals surface area contributed by atoms with Gasteiger partial charge in [0, 0.05) is 18.3 Å². The van der Waals surface area contributed by atoms with Crippen molar-refractivity contribution in [3.63, 3.8) is 0 Å².